The fourth-order valence-electron chi connectivity index (χ4n) is 2.42. The van der Waals surface area contributed by atoms with E-state index in [0.29, 0.717) is 15.8 Å². The Morgan fingerprint density at radius 3 is 2.55 bits per heavy atom. The average molecular weight is 469 g/mol. The predicted octanol–water partition coefficient (Wildman–Crippen LogP) is 4.48. The van der Waals surface area contributed by atoms with Crippen LogP contribution in [0.5, 0.6) is 0 Å². The van der Waals surface area contributed by atoms with E-state index in [0.717, 1.165) is 15.6 Å². The van der Waals surface area contributed by atoms with Gasteiger partial charge in [-0.2, -0.15) is 0 Å². The van der Waals surface area contributed by atoms with Gasteiger partial charge in [0.25, 0.3) is 15.9 Å². The summed E-state index contributed by atoms with van der Waals surface area (Å²) < 4.78 is 27.8. The molecule has 0 atom stereocenters. The minimum absolute atomic E-state index is 0.00149. The summed E-state index contributed by atoms with van der Waals surface area (Å²) in [6.45, 7) is 3.62. The molecular weight excluding hydrogens is 455 g/mol. The molecule has 0 unspecified atom stereocenters. The van der Waals surface area contributed by atoms with Gasteiger partial charge in [-0.05, 0) is 42.5 Å². The van der Waals surface area contributed by atoms with Gasteiger partial charge in [0.1, 0.15) is 10.4 Å². The van der Waals surface area contributed by atoms with Crippen LogP contribution in [0.2, 0.25) is 10.0 Å². The predicted molar refractivity (Wildman–Crippen MR) is 115 cm³/mol. The highest BCUT2D eigenvalue weighted by Gasteiger charge is 2.27. The molecule has 150 valence electrons. The molecule has 1 amide bonds. The molecule has 3 rings (SSSR count). The third-order valence-electron chi connectivity index (χ3n) is 3.75. The van der Waals surface area contributed by atoms with Gasteiger partial charge in [0, 0.05) is 10.6 Å². The van der Waals surface area contributed by atoms with Gasteiger partial charge < -0.3 is 0 Å². The van der Waals surface area contributed by atoms with Crippen molar-refractivity contribution in [3.05, 3.63) is 76.2 Å². The number of nitrogens with one attached hydrogen (secondary N) is 1. The summed E-state index contributed by atoms with van der Waals surface area (Å²) in [7, 11) is -4.10. The van der Waals surface area contributed by atoms with Crippen molar-refractivity contribution in [1.82, 2.24) is 10.2 Å². The van der Waals surface area contributed by atoms with Crippen molar-refractivity contribution in [2.75, 3.05) is 16.2 Å². The van der Waals surface area contributed by atoms with Crippen LogP contribution in [-0.2, 0) is 10.0 Å². The zero-order chi connectivity index (χ0) is 21.0. The van der Waals surface area contributed by atoms with Crippen LogP contribution in [0, 0.1) is 0 Å². The van der Waals surface area contributed by atoms with E-state index >= 15 is 0 Å². The molecule has 0 saturated carbocycles. The number of sulfonamides is 1. The summed E-state index contributed by atoms with van der Waals surface area (Å²) >= 11 is 13.2. The van der Waals surface area contributed by atoms with Crippen LogP contribution < -0.4 is 9.62 Å². The van der Waals surface area contributed by atoms with Gasteiger partial charge in [0.05, 0.1) is 17.3 Å². The number of nitrogens with zero attached hydrogens (tertiary/aromatic N) is 3. The topological polar surface area (TPSA) is 92.3 Å². The van der Waals surface area contributed by atoms with Crippen molar-refractivity contribution in [1.29, 1.82) is 0 Å². The first-order chi connectivity index (χ1) is 13.8. The van der Waals surface area contributed by atoms with Crippen LogP contribution in [0.4, 0.5) is 10.8 Å². The lowest BCUT2D eigenvalue weighted by Crippen LogP contribution is -2.31. The number of amides is 1. The third-order valence-corrected chi connectivity index (χ3v) is 6.89. The molecule has 0 aliphatic carbocycles. The smallest absolute Gasteiger partial charge is 0.266 e. The number of benzene rings is 2. The van der Waals surface area contributed by atoms with Gasteiger partial charge in [-0.3, -0.25) is 14.4 Å². The second-order valence-corrected chi connectivity index (χ2v) is 9.15. The minimum atomic E-state index is -4.10. The van der Waals surface area contributed by atoms with Gasteiger partial charge >= 0.3 is 0 Å². The molecule has 0 bridgehead atoms. The van der Waals surface area contributed by atoms with Crippen LogP contribution in [0.1, 0.15) is 10.4 Å². The molecule has 29 heavy (non-hydrogen) atoms. The third kappa shape index (κ3) is 4.76. The van der Waals surface area contributed by atoms with E-state index in [9.17, 15) is 13.2 Å². The Morgan fingerprint density at radius 2 is 1.93 bits per heavy atom. The molecule has 3 aromatic rings. The number of aromatic nitrogens is 2. The Morgan fingerprint density at radius 1 is 1.21 bits per heavy atom. The van der Waals surface area contributed by atoms with Crippen LogP contribution in [-0.4, -0.2) is 31.1 Å². The molecule has 0 aliphatic rings. The largest absolute Gasteiger partial charge is 0.296 e. The number of hydrogen-bond acceptors (Lipinski definition) is 6. The summed E-state index contributed by atoms with van der Waals surface area (Å²) in [5.74, 6) is -0.531. The van der Waals surface area contributed by atoms with Crippen LogP contribution in [0.3, 0.4) is 0 Å². The number of halogens is 2. The maximum Gasteiger partial charge on any atom is 0.266 e. The first kappa shape index (κ1) is 21.3. The van der Waals surface area contributed by atoms with Gasteiger partial charge in [0.2, 0.25) is 5.13 Å². The molecule has 11 heteroatoms. The lowest BCUT2D eigenvalue weighted by Gasteiger charge is -2.24. The molecule has 0 saturated heterocycles. The van der Waals surface area contributed by atoms with Crippen LogP contribution in [0.25, 0.3) is 0 Å². The van der Waals surface area contributed by atoms with E-state index in [1.165, 1.54) is 29.8 Å². The lowest BCUT2D eigenvalue weighted by atomic mass is 10.2. The molecule has 7 nitrogen and oxygen atoms in total. The summed E-state index contributed by atoms with van der Waals surface area (Å²) in [6.07, 6.45) is 1.45. The van der Waals surface area contributed by atoms with Crippen molar-refractivity contribution in [2.45, 2.75) is 4.90 Å². The van der Waals surface area contributed by atoms with E-state index < -0.39 is 15.9 Å². The van der Waals surface area contributed by atoms with Crippen molar-refractivity contribution >= 4 is 61.3 Å². The zero-order valence-corrected chi connectivity index (χ0v) is 17.9. The Balaban J connectivity index is 2.01. The summed E-state index contributed by atoms with van der Waals surface area (Å²) in [5, 5.41) is 10.7. The number of anilines is 2. The highest BCUT2D eigenvalue weighted by atomic mass is 35.5. The van der Waals surface area contributed by atoms with E-state index in [1.54, 1.807) is 24.3 Å². The van der Waals surface area contributed by atoms with E-state index in [-0.39, 0.29) is 22.0 Å². The van der Waals surface area contributed by atoms with Gasteiger partial charge in [0.15, 0.2) is 0 Å². The Bertz CT molecular complexity index is 1130. The fraction of sp³-hybridized carbons (Fsp3) is 0.0556. The first-order valence-electron chi connectivity index (χ1n) is 8.09. The monoisotopic (exact) mass is 468 g/mol. The SMILES string of the molecule is C=CCN(c1ccc(Cl)cc1)S(=O)(=O)c1cc(C(=O)Nc2nncs2)ccc1Cl. The Hall–Kier alpha value is -2.46. The van der Waals surface area contributed by atoms with Crippen LogP contribution in [0.15, 0.2) is 65.5 Å². The molecule has 1 aromatic heterocycles. The number of carbonyl (C=O) groups excluding carboxylic acids is 1. The van der Waals surface area contributed by atoms with E-state index in [4.69, 9.17) is 23.2 Å². The first-order valence-corrected chi connectivity index (χ1v) is 11.2. The van der Waals surface area contributed by atoms with Gasteiger partial charge in [-0.15, -0.1) is 16.8 Å². The molecule has 0 fully saturated rings. The molecule has 2 aromatic carbocycles. The summed E-state index contributed by atoms with van der Waals surface area (Å²) in [5.41, 5.74) is 1.96. The Labute approximate surface area is 181 Å². The number of hydrogen-bond donors (Lipinski definition) is 1. The maximum atomic E-state index is 13.3. The molecule has 0 spiro atoms. The molecular formula is C18H14Cl2N4O3S2. The maximum absolute atomic E-state index is 13.3. The molecule has 1 heterocycles. The van der Waals surface area contributed by atoms with Crippen molar-refractivity contribution in [2.24, 2.45) is 0 Å². The fourth-order valence-corrected chi connectivity index (χ4v) is 4.93. The Kier molecular flexibility index (Phi) is 6.53. The van der Waals surface area contributed by atoms with Crippen molar-refractivity contribution in [3.8, 4) is 0 Å². The van der Waals surface area contributed by atoms with Gasteiger partial charge in [-0.25, -0.2) is 8.42 Å². The molecule has 0 aliphatic heterocycles. The minimum Gasteiger partial charge on any atom is -0.296 e. The van der Waals surface area contributed by atoms with Gasteiger partial charge in [-0.1, -0.05) is 40.6 Å². The second kappa shape index (κ2) is 8.91. The van der Waals surface area contributed by atoms with Crippen LogP contribution >= 0.6 is 34.5 Å². The van der Waals surface area contributed by atoms with Crippen molar-refractivity contribution in [3.63, 3.8) is 0 Å². The van der Waals surface area contributed by atoms with Crippen molar-refractivity contribution < 1.29 is 13.2 Å². The number of carbonyl (C=O) groups is 1. The van der Waals surface area contributed by atoms with E-state index in [2.05, 4.69) is 22.1 Å². The highest BCUT2D eigenvalue weighted by molar-refractivity contribution is 7.93. The van der Waals surface area contributed by atoms with E-state index in [1.807, 2.05) is 0 Å². The summed E-state index contributed by atoms with van der Waals surface area (Å²) in [6, 6.07) is 10.3. The standard InChI is InChI=1S/C18H14Cl2N4O3S2/c1-2-9-24(14-6-4-13(19)5-7-14)29(26,27)16-10-12(3-8-15(16)20)17(25)22-18-23-21-11-28-18/h2-8,10-11H,1,9H2,(H,22,23,25). The quantitative estimate of drug-likeness (QED) is 0.516. The summed E-state index contributed by atoms with van der Waals surface area (Å²) in [4.78, 5) is 12.2. The highest BCUT2D eigenvalue weighted by Crippen LogP contribution is 2.30. The second-order valence-electron chi connectivity index (χ2n) is 5.64. The zero-order valence-electron chi connectivity index (χ0n) is 14.7. The molecule has 0 radical (unpaired) electrons. The normalized spacial score (nSPS) is 11.1. The number of rotatable bonds is 7. The molecule has 1 N–H and O–H groups in total. The lowest BCUT2D eigenvalue weighted by molar-refractivity contribution is 0.102. The average Bonchev–Trinajstić information content (AvgIpc) is 3.20.